The van der Waals surface area contributed by atoms with Crippen molar-refractivity contribution in [2.24, 2.45) is 4.99 Å². The molecule has 3 nitrogen and oxygen atoms in total. The van der Waals surface area contributed by atoms with E-state index in [9.17, 15) is 0 Å². The number of nitrogens with one attached hydrogen (secondary N) is 1. The first-order valence-electron chi connectivity index (χ1n) is 5.09. The summed E-state index contributed by atoms with van der Waals surface area (Å²) in [4.78, 5) is 4.29. The molecule has 0 saturated carbocycles. The molecule has 2 aromatic carbocycles. The van der Waals surface area contributed by atoms with Gasteiger partial charge in [-0.3, -0.25) is 10.7 Å². The molecule has 0 unspecified atom stereocenters. The maximum Gasteiger partial charge on any atom is 0.157 e. The lowest BCUT2D eigenvalue weighted by Gasteiger charge is -2.05. The third kappa shape index (κ3) is 3.06. The number of nitrogens with zero attached hydrogens (tertiary/aromatic N) is 1. The first-order valence-corrected chi connectivity index (χ1v) is 5.47. The van der Waals surface area contributed by atoms with Crippen LogP contribution in [-0.2, 0) is 0 Å². The summed E-state index contributed by atoms with van der Waals surface area (Å²) in [7, 11) is 0. The Morgan fingerprint density at radius 3 is 2.47 bits per heavy atom. The molecule has 2 rings (SSSR count). The van der Waals surface area contributed by atoms with Gasteiger partial charge in [0, 0.05) is 10.6 Å². The molecule has 0 fully saturated rings. The van der Waals surface area contributed by atoms with Crippen LogP contribution in [0, 0.1) is 0 Å². The van der Waals surface area contributed by atoms with Gasteiger partial charge in [0.2, 0.25) is 0 Å². The van der Waals surface area contributed by atoms with Gasteiger partial charge in [-0.25, -0.2) is 4.99 Å². The van der Waals surface area contributed by atoms with Gasteiger partial charge in [-0.15, -0.1) is 0 Å². The first-order chi connectivity index (χ1) is 8.29. The SMILES string of the molecule is ONC(=Nc1ccccc1)c1cccc(Cl)c1. The highest BCUT2D eigenvalue weighted by atomic mass is 35.5. The Hall–Kier alpha value is -1.84. The lowest BCUT2D eigenvalue weighted by atomic mass is 10.2. The van der Waals surface area contributed by atoms with Crippen LogP contribution in [0.15, 0.2) is 59.6 Å². The molecule has 4 heteroatoms. The average molecular weight is 247 g/mol. The van der Waals surface area contributed by atoms with Crippen LogP contribution in [0.5, 0.6) is 0 Å². The maximum atomic E-state index is 9.11. The van der Waals surface area contributed by atoms with Crippen LogP contribution in [0.1, 0.15) is 5.56 Å². The minimum atomic E-state index is 0.360. The highest BCUT2D eigenvalue weighted by molar-refractivity contribution is 6.31. The molecule has 17 heavy (non-hydrogen) atoms. The third-order valence-corrected chi connectivity index (χ3v) is 2.44. The van der Waals surface area contributed by atoms with Crippen molar-refractivity contribution in [2.75, 3.05) is 0 Å². The van der Waals surface area contributed by atoms with E-state index in [4.69, 9.17) is 16.8 Å². The average Bonchev–Trinajstić information content (AvgIpc) is 2.37. The fourth-order valence-corrected chi connectivity index (χ4v) is 1.61. The molecular formula is C13H11ClN2O. The molecule has 0 aliphatic heterocycles. The number of hydrogen-bond donors (Lipinski definition) is 2. The second kappa shape index (κ2) is 5.48. The molecule has 0 atom stereocenters. The monoisotopic (exact) mass is 246 g/mol. The van der Waals surface area contributed by atoms with Gasteiger partial charge in [0.05, 0.1) is 5.69 Å². The number of rotatable bonds is 2. The van der Waals surface area contributed by atoms with Gasteiger partial charge in [0.15, 0.2) is 5.84 Å². The summed E-state index contributed by atoms with van der Waals surface area (Å²) in [5.74, 6) is 0.360. The zero-order chi connectivity index (χ0) is 12.1. The van der Waals surface area contributed by atoms with Crippen molar-refractivity contribution in [1.29, 1.82) is 0 Å². The summed E-state index contributed by atoms with van der Waals surface area (Å²) in [5.41, 5.74) is 3.56. The Labute approximate surface area is 104 Å². The summed E-state index contributed by atoms with van der Waals surface area (Å²) in [6.07, 6.45) is 0. The van der Waals surface area contributed by atoms with Gasteiger partial charge >= 0.3 is 0 Å². The number of benzene rings is 2. The Bertz CT molecular complexity index is 526. The number of halogens is 1. The summed E-state index contributed by atoms with van der Waals surface area (Å²) in [5, 5.41) is 9.70. The maximum absolute atomic E-state index is 9.11. The lowest BCUT2D eigenvalue weighted by Crippen LogP contribution is -2.19. The first kappa shape index (κ1) is 11.6. The minimum Gasteiger partial charge on any atom is -0.290 e. The van der Waals surface area contributed by atoms with Crippen molar-refractivity contribution in [1.82, 2.24) is 5.48 Å². The van der Waals surface area contributed by atoms with E-state index < -0.39 is 0 Å². The lowest BCUT2D eigenvalue weighted by molar-refractivity contribution is 0.235. The van der Waals surface area contributed by atoms with Crippen molar-refractivity contribution >= 4 is 23.1 Å². The van der Waals surface area contributed by atoms with Gasteiger partial charge < -0.3 is 0 Å². The zero-order valence-electron chi connectivity index (χ0n) is 8.97. The second-order valence-corrected chi connectivity index (χ2v) is 3.85. The third-order valence-electron chi connectivity index (χ3n) is 2.20. The van der Waals surface area contributed by atoms with Gasteiger partial charge in [-0.2, -0.15) is 0 Å². The van der Waals surface area contributed by atoms with E-state index >= 15 is 0 Å². The summed E-state index contributed by atoms with van der Waals surface area (Å²) >= 11 is 5.88. The number of para-hydroxylation sites is 1. The van der Waals surface area contributed by atoms with Crippen LogP contribution in [0.3, 0.4) is 0 Å². The summed E-state index contributed by atoms with van der Waals surface area (Å²) in [6.45, 7) is 0. The van der Waals surface area contributed by atoms with Crippen LogP contribution < -0.4 is 5.48 Å². The van der Waals surface area contributed by atoms with Crippen LogP contribution >= 0.6 is 11.6 Å². The number of hydroxylamine groups is 1. The van der Waals surface area contributed by atoms with E-state index in [1.165, 1.54) is 0 Å². The fraction of sp³-hybridized carbons (Fsp3) is 0. The van der Waals surface area contributed by atoms with Crippen molar-refractivity contribution < 1.29 is 5.21 Å². The Morgan fingerprint density at radius 2 is 1.82 bits per heavy atom. The second-order valence-electron chi connectivity index (χ2n) is 3.42. The van der Waals surface area contributed by atoms with E-state index in [-0.39, 0.29) is 0 Å². The number of hydrogen-bond acceptors (Lipinski definition) is 2. The van der Waals surface area contributed by atoms with Gasteiger partial charge in [-0.1, -0.05) is 41.9 Å². The van der Waals surface area contributed by atoms with E-state index in [0.29, 0.717) is 10.9 Å². The highest BCUT2D eigenvalue weighted by Gasteiger charge is 2.02. The van der Waals surface area contributed by atoms with Crippen molar-refractivity contribution in [2.45, 2.75) is 0 Å². The van der Waals surface area contributed by atoms with Gasteiger partial charge in [-0.05, 0) is 24.3 Å². The van der Waals surface area contributed by atoms with E-state index in [0.717, 1.165) is 11.3 Å². The molecule has 0 bridgehead atoms. The molecular weight excluding hydrogens is 236 g/mol. The van der Waals surface area contributed by atoms with Crippen LogP contribution in [0.2, 0.25) is 5.02 Å². The quantitative estimate of drug-likeness (QED) is 0.485. The molecule has 86 valence electrons. The highest BCUT2D eigenvalue weighted by Crippen LogP contribution is 2.15. The van der Waals surface area contributed by atoms with E-state index in [1.54, 1.807) is 18.2 Å². The normalized spacial score (nSPS) is 11.3. The molecule has 0 radical (unpaired) electrons. The molecule has 0 aromatic heterocycles. The van der Waals surface area contributed by atoms with Crippen LogP contribution in [0.4, 0.5) is 5.69 Å². The van der Waals surface area contributed by atoms with Crippen molar-refractivity contribution in [3.05, 3.63) is 65.2 Å². The molecule has 0 heterocycles. The molecule has 0 aliphatic rings. The predicted molar refractivity (Wildman–Crippen MR) is 69.0 cm³/mol. The van der Waals surface area contributed by atoms with Crippen molar-refractivity contribution in [3.8, 4) is 0 Å². The summed E-state index contributed by atoms with van der Waals surface area (Å²) in [6, 6.07) is 16.5. The smallest absolute Gasteiger partial charge is 0.157 e. The standard InChI is InChI=1S/C13H11ClN2O/c14-11-6-4-5-10(9-11)13(16-17)15-12-7-2-1-3-8-12/h1-9,17H,(H,15,16). The largest absolute Gasteiger partial charge is 0.290 e. The molecule has 0 saturated heterocycles. The minimum absolute atomic E-state index is 0.360. The zero-order valence-corrected chi connectivity index (χ0v) is 9.72. The van der Waals surface area contributed by atoms with Crippen LogP contribution in [-0.4, -0.2) is 11.0 Å². The van der Waals surface area contributed by atoms with Gasteiger partial charge in [0.1, 0.15) is 0 Å². The van der Waals surface area contributed by atoms with Crippen LogP contribution in [0.25, 0.3) is 0 Å². The van der Waals surface area contributed by atoms with Crippen molar-refractivity contribution in [3.63, 3.8) is 0 Å². The molecule has 2 N–H and O–H groups in total. The van der Waals surface area contributed by atoms with E-state index in [2.05, 4.69) is 10.5 Å². The Balaban J connectivity index is 2.37. The molecule has 2 aromatic rings. The molecule has 0 amide bonds. The predicted octanol–water partition coefficient (Wildman–Crippen LogP) is 3.40. The Morgan fingerprint density at radius 1 is 1.06 bits per heavy atom. The topological polar surface area (TPSA) is 44.6 Å². The fourth-order valence-electron chi connectivity index (χ4n) is 1.42. The molecule has 0 aliphatic carbocycles. The molecule has 0 spiro atoms. The summed E-state index contributed by atoms with van der Waals surface area (Å²) < 4.78 is 0. The number of aliphatic imine (C=N–C) groups is 1. The number of amidine groups is 1. The van der Waals surface area contributed by atoms with Gasteiger partial charge in [0.25, 0.3) is 0 Å². The van der Waals surface area contributed by atoms with E-state index in [1.807, 2.05) is 36.4 Å². The Kier molecular flexibility index (Phi) is 3.75.